The molecular formula is C13H18ClN3S. The van der Waals surface area contributed by atoms with Gasteiger partial charge in [-0.25, -0.2) is 4.98 Å². The predicted molar refractivity (Wildman–Crippen MR) is 76.5 cm³/mol. The summed E-state index contributed by atoms with van der Waals surface area (Å²) in [6.45, 7) is 2.16. The molecule has 0 aliphatic carbocycles. The number of hydrogen-bond donors (Lipinski definition) is 0. The van der Waals surface area contributed by atoms with Crippen LogP contribution in [0.15, 0.2) is 17.8 Å². The molecule has 1 aliphatic rings. The number of aromatic nitrogens is 2. The van der Waals surface area contributed by atoms with Gasteiger partial charge in [0.15, 0.2) is 4.96 Å². The van der Waals surface area contributed by atoms with Gasteiger partial charge in [0.2, 0.25) is 0 Å². The normalized spacial score (nSPS) is 21.7. The Hall–Kier alpha value is -0.580. The number of nitrogens with zero attached hydrogens (tertiary/aromatic N) is 3. The molecule has 98 valence electrons. The average molecular weight is 284 g/mol. The van der Waals surface area contributed by atoms with Crippen molar-refractivity contribution >= 4 is 27.9 Å². The molecule has 0 radical (unpaired) electrons. The van der Waals surface area contributed by atoms with Crippen LogP contribution in [0.4, 0.5) is 0 Å². The molecule has 0 aromatic carbocycles. The minimum Gasteiger partial charge on any atom is -0.297 e. The van der Waals surface area contributed by atoms with E-state index in [0.29, 0.717) is 6.04 Å². The number of hydrogen-bond acceptors (Lipinski definition) is 3. The topological polar surface area (TPSA) is 20.5 Å². The van der Waals surface area contributed by atoms with Crippen molar-refractivity contribution < 1.29 is 0 Å². The van der Waals surface area contributed by atoms with Crippen molar-refractivity contribution in [2.45, 2.75) is 38.3 Å². The molecule has 0 N–H and O–H groups in total. The van der Waals surface area contributed by atoms with E-state index in [4.69, 9.17) is 11.6 Å². The third-order valence-electron chi connectivity index (χ3n) is 3.70. The Morgan fingerprint density at radius 2 is 2.39 bits per heavy atom. The first-order valence-electron chi connectivity index (χ1n) is 6.58. The first-order valence-corrected chi connectivity index (χ1v) is 7.99. The van der Waals surface area contributed by atoms with Gasteiger partial charge >= 0.3 is 0 Å². The maximum Gasteiger partial charge on any atom is 0.193 e. The molecule has 0 amide bonds. The molecule has 0 spiro atoms. The SMILES string of the molecule is ClCCC1CCCCN1Cc1cn2ccsc2n1. The Morgan fingerprint density at radius 1 is 1.44 bits per heavy atom. The predicted octanol–water partition coefficient (Wildman–Crippen LogP) is 3.38. The number of fused-ring (bicyclic) bond motifs is 1. The van der Waals surface area contributed by atoms with Crippen molar-refractivity contribution in [3.05, 3.63) is 23.5 Å². The number of likely N-dealkylation sites (tertiary alicyclic amines) is 1. The Bertz CT molecular complexity index is 477. The van der Waals surface area contributed by atoms with Crippen LogP contribution >= 0.6 is 22.9 Å². The van der Waals surface area contributed by atoms with E-state index in [-0.39, 0.29) is 0 Å². The van der Waals surface area contributed by atoms with Gasteiger partial charge in [0, 0.05) is 36.2 Å². The molecule has 2 aromatic rings. The average Bonchev–Trinajstić information content (AvgIpc) is 2.92. The standard InChI is InChI=1S/C13H18ClN3S/c14-5-4-12-3-1-2-6-16(12)9-11-10-17-7-8-18-13(17)15-11/h7-8,10,12H,1-6,9H2. The molecular weight excluding hydrogens is 266 g/mol. The van der Waals surface area contributed by atoms with Crippen molar-refractivity contribution in [2.75, 3.05) is 12.4 Å². The van der Waals surface area contributed by atoms with Gasteiger partial charge in [-0.2, -0.15) is 0 Å². The first kappa shape index (κ1) is 12.5. The van der Waals surface area contributed by atoms with E-state index in [2.05, 4.69) is 32.1 Å². The highest BCUT2D eigenvalue weighted by Crippen LogP contribution is 2.22. The lowest BCUT2D eigenvalue weighted by Gasteiger charge is -2.34. The van der Waals surface area contributed by atoms with Gasteiger partial charge in [-0.15, -0.1) is 22.9 Å². The molecule has 1 saturated heterocycles. The molecule has 1 aliphatic heterocycles. The Balaban J connectivity index is 1.71. The Labute approximate surface area is 116 Å². The summed E-state index contributed by atoms with van der Waals surface area (Å²) in [4.78, 5) is 8.32. The second kappa shape index (κ2) is 5.59. The largest absolute Gasteiger partial charge is 0.297 e. The summed E-state index contributed by atoms with van der Waals surface area (Å²) in [7, 11) is 0. The van der Waals surface area contributed by atoms with E-state index in [0.717, 1.165) is 23.8 Å². The molecule has 1 fully saturated rings. The third-order valence-corrected chi connectivity index (χ3v) is 4.69. The summed E-state index contributed by atoms with van der Waals surface area (Å²) in [5.41, 5.74) is 1.18. The summed E-state index contributed by atoms with van der Waals surface area (Å²) in [5.74, 6) is 0.763. The zero-order valence-electron chi connectivity index (χ0n) is 10.4. The van der Waals surface area contributed by atoms with E-state index in [9.17, 15) is 0 Å². The monoisotopic (exact) mass is 283 g/mol. The molecule has 0 saturated carbocycles. The highest BCUT2D eigenvalue weighted by molar-refractivity contribution is 7.15. The van der Waals surface area contributed by atoms with Crippen molar-refractivity contribution in [2.24, 2.45) is 0 Å². The van der Waals surface area contributed by atoms with E-state index in [1.807, 2.05) is 0 Å². The molecule has 3 heterocycles. The van der Waals surface area contributed by atoms with Crippen LogP contribution in [0.3, 0.4) is 0 Å². The van der Waals surface area contributed by atoms with Crippen LogP contribution < -0.4 is 0 Å². The van der Waals surface area contributed by atoms with Crippen LogP contribution in [0.5, 0.6) is 0 Å². The van der Waals surface area contributed by atoms with Gasteiger partial charge in [-0.1, -0.05) is 6.42 Å². The number of halogens is 1. The van der Waals surface area contributed by atoms with Crippen LogP contribution in [-0.2, 0) is 6.54 Å². The van der Waals surface area contributed by atoms with Crippen molar-refractivity contribution in [3.63, 3.8) is 0 Å². The Kier molecular flexibility index (Phi) is 3.87. The molecule has 2 aromatic heterocycles. The van der Waals surface area contributed by atoms with Crippen LogP contribution in [0.1, 0.15) is 31.4 Å². The molecule has 0 bridgehead atoms. The van der Waals surface area contributed by atoms with Gasteiger partial charge in [0.1, 0.15) is 0 Å². The lowest BCUT2D eigenvalue weighted by molar-refractivity contribution is 0.135. The highest BCUT2D eigenvalue weighted by Gasteiger charge is 2.22. The van der Waals surface area contributed by atoms with Crippen LogP contribution in [0, 0.1) is 0 Å². The highest BCUT2D eigenvalue weighted by atomic mass is 35.5. The van der Waals surface area contributed by atoms with Gasteiger partial charge in [-0.3, -0.25) is 9.30 Å². The van der Waals surface area contributed by atoms with Crippen molar-refractivity contribution in [3.8, 4) is 0 Å². The summed E-state index contributed by atoms with van der Waals surface area (Å²) < 4.78 is 2.11. The van der Waals surface area contributed by atoms with Crippen molar-refractivity contribution in [1.82, 2.24) is 14.3 Å². The smallest absolute Gasteiger partial charge is 0.193 e. The molecule has 1 atom stereocenters. The zero-order chi connectivity index (χ0) is 12.4. The second-order valence-corrected chi connectivity index (χ2v) is 6.17. The second-order valence-electron chi connectivity index (χ2n) is 4.92. The summed E-state index contributed by atoms with van der Waals surface area (Å²) in [6, 6.07) is 0.649. The Morgan fingerprint density at radius 3 is 3.22 bits per heavy atom. The molecule has 1 unspecified atom stereocenters. The maximum atomic E-state index is 5.91. The molecule has 3 rings (SSSR count). The van der Waals surface area contributed by atoms with Gasteiger partial charge in [0.25, 0.3) is 0 Å². The van der Waals surface area contributed by atoms with Crippen LogP contribution in [0.2, 0.25) is 0 Å². The van der Waals surface area contributed by atoms with E-state index < -0.39 is 0 Å². The minimum atomic E-state index is 0.649. The van der Waals surface area contributed by atoms with E-state index in [1.165, 1.54) is 31.5 Å². The minimum absolute atomic E-state index is 0.649. The number of piperidine rings is 1. The summed E-state index contributed by atoms with van der Waals surface area (Å²) in [6.07, 6.45) is 9.26. The van der Waals surface area contributed by atoms with E-state index >= 15 is 0 Å². The molecule has 3 nitrogen and oxygen atoms in total. The first-order chi connectivity index (χ1) is 8.86. The van der Waals surface area contributed by atoms with E-state index in [1.54, 1.807) is 11.3 Å². The van der Waals surface area contributed by atoms with Crippen LogP contribution in [0.25, 0.3) is 4.96 Å². The fourth-order valence-electron chi connectivity index (χ4n) is 2.78. The third kappa shape index (κ3) is 2.56. The summed E-state index contributed by atoms with van der Waals surface area (Å²) in [5, 5.41) is 2.07. The fraction of sp³-hybridized carbons (Fsp3) is 0.615. The van der Waals surface area contributed by atoms with Gasteiger partial charge < -0.3 is 0 Å². The number of rotatable bonds is 4. The number of imidazole rings is 1. The zero-order valence-corrected chi connectivity index (χ0v) is 12.0. The molecule has 5 heteroatoms. The van der Waals surface area contributed by atoms with Gasteiger partial charge in [-0.05, 0) is 25.8 Å². The number of thiazole rings is 1. The molecule has 18 heavy (non-hydrogen) atoms. The van der Waals surface area contributed by atoms with Crippen molar-refractivity contribution in [1.29, 1.82) is 0 Å². The summed E-state index contributed by atoms with van der Waals surface area (Å²) >= 11 is 7.60. The fourth-order valence-corrected chi connectivity index (χ4v) is 3.75. The lowest BCUT2D eigenvalue weighted by Crippen LogP contribution is -2.39. The number of alkyl halides is 1. The maximum absolute atomic E-state index is 5.91. The van der Waals surface area contributed by atoms with Crippen LogP contribution in [-0.4, -0.2) is 32.8 Å². The lowest BCUT2D eigenvalue weighted by atomic mass is 10.00. The van der Waals surface area contributed by atoms with Gasteiger partial charge in [0.05, 0.1) is 5.69 Å². The quantitative estimate of drug-likeness (QED) is 0.802.